The van der Waals surface area contributed by atoms with Gasteiger partial charge in [0.2, 0.25) is 5.91 Å². The van der Waals surface area contributed by atoms with Crippen LogP contribution in [0.2, 0.25) is 5.02 Å². The smallest absolute Gasteiger partial charge is 0.417 e. The summed E-state index contributed by atoms with van der Waals surface area (Å²) in [6, 6.07) is 8.63. The maximum absolute atomic E-state index is 12.8. The summed E-state index contributed by atoms with van der Waals surface area (Å²) in [6.45, 7) is -0.0602. The second-order valence-corrected chi connectivity index (χ2v) is 5.88. The summed E-state index contributed by atoms with van der Waals surface area (Å²) in [5.74, 6) is 0.622. The van der Waals surface area contributed by atoms with Gasteiger partial charge in [0.05, 0.1) is 24.8 Å². The first-order chi connectivity index (χ1) is 12.7. The van der Waals surface area contributed by atoms with Crippen molar-refractivity contribution in [2.75, 3.05) is 14.2 Å². The van der Waals surface area contributed by atoms with Crippen molar-refractivity contribution in [1.82, 2.24) is 5.32 Å². The number of halogens is 4. The molecule has 0 bridgehead atoms. The van der Waals surface area contributed by atoms with Gasteiger partial charge in [-0.3, -0.25) is 4.79 Å². The van der Waals surface area contributed by atoms with Gasteiger partial charge in [0.15, 0.2) is 11.5 Å². The molecule has 0 fully saturated rings. The summed E-state index contributed by atoms with van der Waals surface area (Å²) < 4.78 is 48.9. The number of hydrogen-bond acceptors (Lipinski definition) is 3. The van der Waals surface area contributed by atoms with Gasteiger partial charge in [0.1, 0.15) is 0 Å². The molecule has 0 radical (unpaired) electrons. The van der Waals surface area contributed by atoms with Crippen molar-refractivity contribution in [3.63, 3.8) is 0 Å². The summed E-state index contributed by atoms with van der Waals surface area (Å²) in [6.07, 6.45) is -1.72. The number of carbonyl (C=O) groups is 1. The van der Waals surface area contributed by atoms with Gasteiger partial charge in [-0.25, -0.2) is 0 Å². The van der Waals surface area contributed by atoms with Gasteiger partial charge < -0.3 is 14.8 Å². The van der Waals surface area contributed by atoms with E-state index in [0.717, 1.165) is 12.1 Å². The number of ether oxygens (including phenoxy) is 2. The van der Waals surface area contributed by atoms with E-state index in [9.17, 15) is 18.0 Å². The van der Waals surface area contributed by atoms with E-state index in [1.54, 1.807) is 24.3 Å². The monoisotopic (exact) mass is 399 g/mol. The van der Waals surface area contributed by atoms with Crippen LogP contribution in [-0.2, 0) is 17.5 Å². The Morgan fingerprint density at radius 1 is 1.11 bits per heavy atom. The standard InChI is InChI=1S/C19H17ClF3NO3/c1-26-16-7-4-12(10-17(16)27-2)5-8-18(25)24-11-13-3-6-15(20)14(9-13)19(21,22)23/h3-10H,11H2,1-2H3,(H,24,25)/b8-5+. The van der Waals surface area contributed by atoms with Crippen LogP contribution in [0.4, 0.5) is 13.2 Å². The molecule has 0 unspecified atom stereocenters. The topological polar surface area (TPSA) is 47.6 Å². The lowest BCUT2D eigenvalue weighted by Gasteiger charge is -2.11. The molecule has 2 aromatic rings. The van der Waals surface area contributed by atoms with Crippen molar-refractivity contribution >= 4 is 23.6 Å². The van der Waals surface area contributed by atoms with Crippen LogP contribution in [0.1, 0.15) is 16.7 Å². The number of amides is 1. The average molecular weight is 400 g/mol. The Labute approximate surface area is 159 Å². The van der Waals surface area contributed by atoms with Crippen molar-refractivity contribution in [2.45, 2.75) is 12.7 Å². The lowest BCUT2D eigenvalue weighted by molar-refractivity contribution is -0.137. The normalized spacial score (nSPS) is 11.5. The molecule has 0 spiro atoms. The molecule has 0 saturated carbocycles. The van der Waals surface area contributed by atoms with E-state index in [2.05, 4.69) is 5.32 Å². The third-order valence-electron chi connectivity index (χ3n) is 3.64. The zero-order chi connectivity index (χ0) is 20.0. The van der Waals surface area contributed by atoms with Crippen molar-refractivity contribution in [3.05, 3.63) is 64.2 Å². The average Bonchev–Trinajstić information content (AvgIpc) is 2.64. The highest BCUT2D eigenvalue weighted by Gasteiger charge is 2.33. The summed E-state index contributed by atoms with van der Waals surface area (Å²) in [7, 11) is 3.02. The fraction of sp³-hybridized carbons (Fsp3) is 0.211. The second-order valence-electron chi connectivity index (χ2n) is 5.48. The van der Waals surface area contributed by atoms with E-state index in [4.69, 9.17) is 21.1 Å². The highest BCUT2D eigenvalue weighted by Crippen LogP contribution is 2.35. The molecule has 0 aliphatic carbocycles. The number of hydrogen-bond donors (Lipinski definition) is 1. The van der Waals surface area contributed by atoms with Gasteiger partial charge in [0, 0.05) is 12.6 Å². The van der Waals surface area contributed by atoms with Gasteiger partial charge in [-0.05, 0) is 41.5 Å². The molecule has 2 rings (SSSR count). The van der Waals surface area contributed by atoms with Gasteiger partial charge >= 0.3 is 6.18 Å². The molecule has 0 saturated heterocycles. The van der Waals surface area contributed by atoms with E-state index in [1.165, 1.54) is 26.4 Å². The Bertz CT molecular complexity index is 851. The summed E-state index contributed by atoms with van der Waals surface area (Å²) in [5.41, 5.74) is 0.0602. The van der Waals surface area contributed by atoms with Crippen LogP contribution >= 0.6 is 11.6 Å². The van der Waals surface area contributed by atoms with Crippen LogP contribution in [0.25, 0.3) is 6.08 Å². The first-order valence-electron chi connectivity index (χ1n) is 7.78. The third kappa shape index (κ3) is 5.65. The molecule has 0 heterocycles. The minimum absolute atomic E-state index is 0.0602. The second kappa shape index (κ2) is 8.81. The molecule has 0 aromatic heterocycles. The molecular weight excluding hydrogens is 383 g/mol. The fourth-order valence-electron chi connectivity index (χ4n) is 2.28. The molecule has 0 aliphatic heterocycles. The highest BCUT2D eigenvalue weighted by molar-refractivity contribution is 6.31. The molecule has 144 valence electrons. The Morgan fingerprint density at radius 3 is 2.44 bits per heavy atom. The van der Waals surface area contributed by atoms with Crippen LogP contribution < -0.4 is 14.8 Å². The first kappa shape index (κ1) is 20.6. The lowest BCUT2D eigenvalue weighted by Crippen LogP contribution is -2.20. The molecule has 27 heavy (non-hydrogen) atoms. The molecule has 4 nitrogen and oxygen atoms in total. The highest BCUT2D eigenvalue weighted by atomic mass is 35.5. The third-order valence-corrected chi connectivity index (χ3v) is 3.97. The van der Waals surface area contributed by atoms with Gasteiger partial charge in [-0.1, -0.05) is 23.7 Å². The van der Waals surface area contributed by atoms with Gasteiger partial charge in [0.25, 0.3) is 0 Å². The van der Waals surface area contributed by atoms with E-state index in [0.29, 0.717) is 22.6 Å². The largest absolute Gasteiger partial charge is 0.493 e. The van der Waals surface area contributed by atoms with Crippen molar-refractivity contribution in [2.24, 2.45) is 0 Å². The maximum atomic E-state index is 12.8. The molecule has 2 aromatic carbocycles. The Morgan fingerprint density at radius 2 is 1.81 bits per heavy atom. The first-order valence-corrected chi connectivity index (χ1v) is 8.16. The van der Waals surface area contributed by atoms with Crippen molar-refractivity contribution in [1.29, 1.82) is 0 Å². The molecule has 0 atom stereocenters. The van der Waals surface area contributed by atoms with E-state index in [-0.39, 0.29) is 11.6 Å². The van der Waals surface area contributed by atoms with Gasteiger partial charge in [-0.2, -0.15) is 13.2 Å². The Kier molecular flexibility index (Phi) is 6.74. The Hall–Kier alpha value is -2.67. The van der Waals surface area contributed by atoms with Crippen LogP contribution in [0, 0.1) is 0 Å². The lowest BCUT2D eigenvalue weighted by atomic mass is 10.1. The predicted molar refractivity (Wildman–Crippen MR) is 96.9 cm³/mol. The van der Waals surface area contributed by atoms with Crippen molar-refractivity contribution in [3.8, 4) is 11.5 Å². The summed E-state index contributed by atoms with van der Waals surface area (Å²) in [5, 5.41) is 2.14. The van der Waals surface area contributed by atoms with E-state index < -0.39 is 17.6 Å². The van der Waals surface area contributed by atoms with Crippen LogP contribution in [-0.4, -0.2) is 20.1 Å². The number of alkyl halides is 3. The Balaban J connectivity index is 2.01. The molecule has 1 N–H and O–H groups in total. The minimum atomic E-state index is -4.55. The number of benzene rings is 2. The number of rotatable bonds is 6. The fourth-order valence-corrected chi connectivity index (χ4v) is 2.50. The number of nitrogens with one attached hydrogen (secondary N) is 1. The number of carbonyl (C=O) groups excluding carboxylic acids is 1. The zero-order valence-electron chi connectivity index (χ0n) is 14.6. The number of methoxy groups -OCH3 is 2. The quantitative estimate of drug-likeness (QED) is 0.716. The van der Waals surface area contributed by atoms with Crippen molar-refractivity contribution < 1.29 is 27.4 Å². The molecule has 0 aliphatic rings. The van der Waals surface area contributed by atoms with E-state index in [1.807, 2.05) is 0 Å². The summed E-state index contributed by atoms with van der Waals surface area (Å²) >= 11 is 5.57. The van der Waals surface area contributed by atoms with Crippen LogP contribution in [0.15, 0.2) is 42.5 Å². The minimum Gasteiger partial charge on any atom is -0.493 e. The predicted octanol–water partition coefficient (Wildman–Crippen LogP) is 4.71. The zero-order valence-corrected chi connectivity index (χ0v) is 15.3. The SMILES string of the molecule is COc1ccc(/C=C/C(=O)NCc2ccc(Cl)c(C(F)(F)F)c2)cc1OC. The molecule has 8 heteroatoms. The maximum Gasteiger partial charge on any atom is 0.417 e. The van der Waals surface area contributed by atoms with Crippen LogP contribution in [0.3, 0.4) is 0 Å². The van der Waals surface area contributed by atoms with Gasteiger partial charge in [-0.15, -0.1) is 0 Å². The van der Waals surface area contributed by atoms with Crippen LogP contribution in [0.5, 0.6) is 11.5 Å². The molecular formula is C19H17ClF3NO3. The summed E-state index contributed by atoms with van der Waals surface area (Å²) in [4.78, 5) is 11.9. The van der Waals surface area contributed by atoms with E-state index >= 15 is 0 Å². The molecule has 1 amide bonds.